The molecule has 0 fully saturated rings. The molecular formula is C16H13ClFN3. The number of nitrogens with zero attached hydrogens (tertiary/aromatic N) is 2. The first-order valence-corrected chi connectivity index (χ1v) is 6.84. The summed E-state index contributed by atoms with van der Waals surface area (Å²) >= 11 is 6.08. The van der Waals surface area contributed by atoms with Crippen molar-refractivity contribution in [1.82, 2.24) is 9.78 Å². The van der Waals surface area contributed by atoms with Gasteiger partial charge in [-0.05, 0) is 42.0 Å². The molecule has 0 saturated carbocycles. The molecule has 1 atom stereocenters. The Hall–Kier alpha value is -2.17. The van der Waals surface area contributed by atoms with Gasteiger partial charge >= 0.3 is 0 Å². The number of benzene rings is 2. The van der Waals surface area contributed by atoms with Crippen molar-refractivity contribution in [3.8, 4) is 5.69 Å². The van der Waals surface area contributed by atoms with E-state index < -0.39 is 6.04 Å². The van der Waals surface area contributed by atoms with Gasteiger partial charge in [0.15, 0.2) is 0 Å². The van der Waals surface area contributed by atoms with Gasteiger partial charge in [-0.1, -0.05) is 29.8 Å². The van der Waals surface area contributed by atoms with Crippen molar-refractivity contribution < 1.29 is 4.39 Å². The van der Waals surface area contributed by atoms with E-state index in [1.54, 1.807) is 10.7 Å². The molecule has 0 bridgehead atoms. The Kier molecular flexibility index (Phi) is 3.73. The van der Waals surface area contributed by atoms with Crippen LogP contribution in [0.25, 0.3) is 5.69 Å². The van der Waals surface area contributed by atoms with E-state index in [0.29, 0.717) is 16.3 Å². The van der Waals surface area contributed by atoms with Gasteiger partial charge in [-0.2, -0.15) is 5.10 Å². The smallest absolute Gasteiger partial charge is 0.123 e. The number of halogens is 2. The second-order valence-corrected chi connectivity index (χ2v) is 5.07. The fourth-order valence-corrected chi connectivity index (χ4v) is 2.38. The first-order valence-electron chi connectivity index (χ1n) is 6.46. The number of hydrogen-bond acceptors (Lipinski definition) is 2. The molecular weight excluding hydrogens is 289 g/mol. The standard InChI is InChI=1S/C16H13ClFN3/c17-14-7-6-11(18)10-13(14)16(19)15-8-9-21(20-15)12-4-2-1-3-5-12/h1-10,16H,19H2. The largest absolute Gasteiger partial charge is 0.319 e. The van der Waals surface area contributed by atoms with Crippen molar-refractivity contribution in [2.24, 2.45) is 5.73 Å². The normalized spacial score (nSPS) is 12.3. The minimum absolute atomic E-state index is 0.368. The van der Waals surface area contributed by atoms with Crippen LogP contribution in [0, 0.1) is 5.82 Å². The third kappa shape index (κ3) is 2.82. The van der Waals surface area contributed by atoms with Gasteiger partial charge in [0.1, 0.15) is 5.82 Å². The summed E-state index contributed by atoms with van der Waals surface area (Å²) in [4.78, 5) is 0. The van der Waals surface area contributed by atoms with Crippen LogP contribution in [0.2, 0.25) is 5.02 Å². The highest BCUT2D eigenvalue weighted by atomic mass is 35.5. The zero-order valence-corrected chi connectivity index (χ0v) is 11.8. The van der Waals surface area contributed by atoms with Crippen molar-refractivity contribution in [1.29, 1.82) is 0 Å². The highest BCUT2D eigenvalue weighted by Gasteiger charge is 2.16. The summed E-state index contributed by atoms with van der Waals surface area (Å²) in [6.45, 7) is 0. The van der Waals surface area contributed by atoms with Crippen LogP contribution in [-0.2, 0) is 0 Å². The van der Waals surface area contributed by atoms with Crippen LogP contribution < -0.4 is 5.73 Å². The van der Waals surface area contributed by atoms with Crippen LogP contribution in [0.1, 0.15) is 17.3 Å². The first-order chi connectivity index (χ1) is 10.1. The molecule has 3 rings (SSSR count). The summed E-state index contributed by atoms with van der Waals surface area (Å²) in [7, 11) is 0. The molecule has 3 aromatic rings. The van der Waals surface area contributed by atoms with Gasteiger partial charge < -0.3 is 5.73 Å². The van der Waals surface area contributed by atoms with Gasteiger partial charge in [0, 0.05) is 11.2 Å². The third-order valence-electron chi connectivity index (χ3n) is 3.24. The molecule has 0 aliphatic carbocycles. The molecule has 0 aliphatic rings. The Morgan fingerprint density at radius 1 is 1.10 bits per heavy atom. The molecule has 0 aliphatic heterocycles. The van der Waals surface area contributed by atoms with E-state index >= 15 is 0 Å². The minimum atomic E-state index is -0.571. The molecule has 1 heterocycles. The van der Waals surface area contributed by atoms with Crippen LogP contribution in [-0.4, -0.2) is 9.78 Å². The molecule has 2 N–H and O–H groups in total. The topological polar surface area (TPSA) is 43.8 Å². The Bertz CT molecular complexity index is 755. The van der Waals surface area contributed by atoms with E-state index in [4.69, 9.17) is 17.3 Å². The van der Waals surface area contributed by atoms with E-state index in [0.717, 1.165) is 5.69 Å². The molecule has 0 spiro atoms. The van der Waals surface area contributed by atoms with Crippen LogP contribution >= 0.6 is 11.6 Å². The molecule has 2 aromatic carbocycles. The molecule has 0 amide bonds. The SMILES string of the molecule is NC(c1ccn(-c2ccccc2)n1)c1cc(F)ccc1Cl. The fraction of sp³-hybridized carbons (Fsp3) is 0.0625. The van der Waals surface area contributed by atoms with E-state index in [1.165, 1.54) is 18.2 Å². The summed E-state index contributed by atoms with van der Waals surface area (Å²) in [5, 5.41) is 4.87. The van der Waals surface area contributed by atoms with Gasteiger partial charge in [0.05, 0.1) is 17.4 Å². The highest BCUT2D eigenvalue weighted by molar-refractivity contribution is 6.31. The number of hydrogen-bond donors (Lipinski definition) is 1. The summed E-state index contributed by atoms with van der Waals surface area (Å²) in [6.07, 6.45) is 1.82. The Balaban J connectivity index is 1.94. The summed E-state index contributed by atoms with van der Waals surface area (Å²) in [5.74, 6) is -0.368. The maximum absolute atomic E-state index is 13.4. The second-order valence-electron chi connectivity index (χ2n) is 4.66. The molecule has 0 saturated heterocycles. The van der Waals surface area contributed by atoms with Crippen molar-refractivity contribution in [2.45, 2.75) is 6.04 Å². The van der Waals surface area contributed by atoms with Gasteiger partial charge in [-0.25, -0.2) is 9.07 Å². The third-order valence-corrected chi connectivity index (χ3v) is 3.59. The predicted octanol–water partition coefficient (Wildman–Crippen LogP) is 3.71. The number of rotatable bonds is 3. The molecule has 1 aromatic heterocycles. The van der Waals surface area contributed by atoms with E-state index in [2.05, 4.69) is 5.10 Å². The molecule has 1 unspecified atom stereocenters. The van der Waals surface area contributed by atoms with E-state index in [1.807, 2.05) is 36.5 Å². The average molecular weight is 302 g/mol. The quantitative estimate of drug-likeness (QED) is 0.801. The molecule has 5 heteroatoms. The summed E-state index contributed by atoms with van der Waals surface area (Å²) in [6, 6.07) is 15.1. The van der Waals surface area contributed by atoms with E-state index in [9.17, 15) is 4.39 Å². The number of aromatic nitrogens is 2. The lowest BCUT2D eigenvalue weighted by Crippen LogP contribution is -2.14. The van der Waals surface area contributed by atoms with Gasteiger partial charge in [0.25, 0.3) is 0 Å². The lowest BCUT2D eigenvalue weighted by atomic mass is 10.0. The Morgan fingerprint density at radius 3 is 2.62 bits per heavy atom. The van der Waals surface area contributed by atoms with Crippen LogP contribution in [0.3, 0.4) is 0 Å². The van der Waals surface area contributed by atoms with Gasteiger partial charge in [0.2, 0.25) is 0 Å². The lowest BCUT2D eigenvalue weighted by molar-refractivity contribution is 0.623. The summed E-state index contributed by atoms with van der Waals surface area (Å²) < 4.78 is 15.1. The van der Waals surface area contributed by atoms with Crippen molar-refractivity contribution >= 4 is 11.6 Å². The fourth-order valence-electron chi connectivity index (χ4n) is 2.14. The molecule has 106 valence electrons. The zero-order chi connectivity index (χ0) is 14.8. The highest BCUT2D eigenvalue weighted by Crippen LogP contribution is 2.26. The number of para-hydroxylation sites is 1. The monoisotopic (exact) mass is 301 g/mol. The van der Waals surface area contributed by atoms with Crippen LogP contribution in [0.4, 0.5) is 4.39 Å². The van der Waals surface area contributed by atoms with Gasteiger partial charge in [-0.3, -0.25) is 0 Å². The van der Waals surface area contributed by atoms with Crippen molar-refractivity contribution in [2.75, 3.05) is 0 Å². The van der Waals surface area contributed by atoms with Gasteiger partial charge in [-0.15, -0.1) is 0 Å². The maximum Gasteiger partial charge on any atom is 0.123 e. The minimum Gasteiger partial charge on any atom is -0.319 e. The predicted molar refractivity (Wildman–Crippen MR) is 81.0 cm³/mol. The molecule has 21 heavy (non-hydrogen) atoms. The first kappa shape index (κ1) is 13.8. The molecule has 3 nitrogen and oxygen atoms in total. The van der Waals surface area contributed by atoms with Crippen molar-refractivity contribution in [3.05, 3.63) is 82.9 Å². The van der Waals surface area contributed by atoms with E-state index in [-0.39, 0.29) is 5.82 Å². The molecule has 0 radical (unpaired) electrons. The van der Waals surface area contributed by atoms with Crippen LogP contribution in [0.15, 0.2) is 60.8 Å². The second kappa shape index (κ2) is 5.68. The summed E-state index contributed by atoms with van der Waals surface area (Å²) in [5.41, 5.74) is 8.24. The Morgan fingerprint density at radius 2 is 1.86 bits per heavy atom. The van der Waals surface area contributed by atoms with Crippen LogP contribution in [0.5, 0.6) is 0 Å². The number of nitrogens with two attached hydrogens (primary N) is 1. The lowest BCUT2D eigenvalue weighted by Gasteiger charge is -2.11. The maximum atomic E-state index is 13.4. The Labute approximate surface area is 126 Å². The zero-order valence-electron chi connectivity index (χ0n) is 11.1. The average Bonchev–Trinajstić information content (AvgIpc) is 3.00. The van der Waals surface area contributed by atoms with Crippen molar-refractivity contribution in [3.63, 3.8) is 0 Å².